The highest BCUT2D eigenvalue weighted by Crippen LogP contribution is 2.33. The Balaban J connectivity index is 2.13. The molecular formula is C8H14N4. The molecule has 1 heterocycles. The smallest absolute Gasteiger partial charge is 0.137 e. The minimum absolute atomic E-state index is 0.498. The maximum atomic E-state index is 5.67. The number of nitrogens with two attached hydrogens (primary N) is 1. The van der Waals surface area contributed by atoms with Gasteiger partial charge in [-0.05, 0) is 25.3 Å². The zero-order valence-electron chi connectivity index (χ0n) is 7.06. The van der Waals surface area contributed by atoms with E-state index < -0.39 is 0 Å². The van der Waals surface area contributed by atoms with Gasteiger partial charge in [0.25, 0.3) is 0 Å². The van der Waals surface area contributed by atoms with Gasteiger partial charge in [0, 0.05) is 0 Å². The quantitative estimate of drug-likeness (QED) is 0.699. The molecule has 12 heavy (non-hydrogen) atoms. The van der Waals surface area contributed by atoms with Crippen molar-refractivity contribution in [3.8, 4) is 0 Å². The Labute approximate surface area is 71.8 Å². The lowest BCUT2D eigenvalue weighted by molar-refractivity contribution is 0.357. The van der Waals surface area contributed by atoms with Crippen LogP contribution in [0.2, 0.25) is 0 Å². The second-order valence-electron chi connectivity index (χ2n) is 3.37. The first-order chi connectivity index (χ1) is 5.92. The van der Waals surface area contributed by atoms with Crippen molar-refractivity contribution < 1.29 is 0 Å². The lowest BCUT2D eigenvalue weighted by Gasteiger charge is -2.17. The van der Waals surface area contributed by atoms with Gasteiger partial charge < -0.3 is 5.73 Å². The zero-order chi connectivity index (χ0) is 8.39. The van der Waals surface area contributed by atoms with E-state index in [4.69, 9.17) is 5.73 Å². The van der Waals surface area contributed by atoms with Crippen LogP contribution in [0, 0.1) is 5.92 Å². The van der Waals surface area contributed by atoms with Crippen LogP contribution < -0.4 is 5.73 Å². The SMILES string of the molecule is NCC1CCCC1n1cncn1. The first-order valence-corrected chi connectivity index (χ1v) is 4.46. The van der Waals surface area contributed by atoms with Crippen LogP contribution in [-0.2, 0) is 0 Å². The molecule has 1 saturated carbocycles. The number of hydrogen-bond acceptors (Lipinski definition) is 3. The van der Waals surface area contributed by atoms with E-state index >= 15 is 0 Å². The molecule has 4 nitrogen and oxygen atoms in total. The first-order valence-electron chi connectivity index (χ1n) is 4.46. The molecule has 1 aliphatic carbocycles. The zero-order valence-corrected chi connectivity index (χ0v) is 7.06. The molecule has 2 unspecified atom stereocenters. The monoisotopic (exact) mass is 166 g/mol. The Morgan fingerprint density at radius 1 is 1.50 bits per heavy atom. The lowest BCUT2D eigenvalue weighted by Crippen LogP contribution is -2.21. The van der Waals surface area contributed by atoms with Crippen LogP contribution in [0.1, 0.15) is 25.3 Å². The molecule has 1 aliphatic rings. The Hall–Kier alpha value is -0.900. The minimum Gasteiger partial charge on any atom is -0.330 e. The molecule has 66 valence electrons. The van der Waals surface area contributed by atoms with Gasteiger partial charge in [0.2, 0.25) is 0 Å². The largest absolute Gasteiger partial charge is 0.330 e. The van der Waals surface area contributed by atoms with E-state index in [2.05, 4.69) is 10.1 Å². The summed E-state index contributed by atoms with van der Waals surface area (Å²) in [4.78, 5) is 3.95. The topological polar surface area (TPSA) is 56.7 Å². The first kappa shape index (κ1) is 7.73. The maximum absolute atomic E-state index is 5.67. The predicted octanol–water partition coefficient (Wildman–Crippen LogP) is 0.578. The number of hydrogen-bond donors (Lipinski definition) is 1. The van der Waals surface area contributed by atoms with Crippen molar-refractivity contribution in [1.29, 1.82) is 0 Å². The highest BCUT2D eigenvalue weighted by atomic mass is 15.3. The normalized spacial score (nSPS) is 29.4. The molecule has 0 spiro atoms. The summed E-state index contributed by atoms with van der Waals surface area (Å²) in [6.45, 7) is 0.768. The Kier molecular flexibility index (Phi) is 2.08. The van der Waals surface area contributed by atoms with Gasteiger partial charge in [-0.25, -0.2) is 9.67 Å². The van der Waals surface area contributed by atoms with Crippen molar-refractivity contribution in [2.45, 2.75) is 25.3 Å². The van der Waals surface area contributed by atoms with Gasteiger partial charge in [0.1, 0.15) is 12.7 Å². The van der Waals surface area contributed by atoms with Crippen LogP contribution in [0.3, 0.4) is 0 Å². The summed E-state index contributed by atoms with van der Waals surface area (Å²) < 4.78 is 1.95. The Morgan fingerprint density at radius 2 is 2.42 bits per heavy atom. The van der Waals surface area contributed by atoms with Crippen molar-refractivity contribution in [2.24, 2.45) is 11.7 Å². The van der Waals surface area contributed by atoms with E-state index in [1.807, 2.05) is 4.68 Å². The van der Waals surface area contributed by atoms with Gasteiger partial charge in [-0.1, -0.05) is 6.42 Å². The molecule has 2 N–H and O–H groups in total. The van der Waals surface area contributed by atoms with Crippen molar-refractivity contribution >= 4 is 0 Å². The van der Waals surface area contributed by atoms with E-state index in [0.717, 1.165) is 6.54 Å². The molecular weight excluding hydrogens is 152 g/mol. The summed E-state index contributed by atoms with van der Waals surface area (Å²) in [6, 6.07) is 0.498. The van der Waals surface area contributed by atoms with Gasteiger partial charge in [0.15, 0.2) is 0 Å². The third-order valence-electron chi connectivity index (χ3n) is 2.70. The summed E-state index contributed by atoms with van der Waals surface area (Å²) in [5.41, 5.74) is 5.67. The summed E-state index contributed by atoms with van der Waals surface area (Å²) >= 11 is 0. The van der Waals surface area contributed by atoms with Crippen LogP contribution in [0.15, 0.2) is 12.7 Å². The van der Waals surface area contributed by atoms with E-state index in [0.29, 0.717) is 12.0 Å². The summed E-state index contributed by atoms with van der Waals surface area (Å²) in [5.74, 6) is 0.603. The molecule has 0 saturated heterocycles. The molecule has 4 heteroatoms. The molecule has 0 aromatic carbocycles. The highest BCUT2D eigenvalue weighted by Gasteiger charge is 2.27. The van der Waals surface area contributed by atoms with Crippen LogP contribution in [0.4, 0.5) is 0 Å². The molecule has 1 fully saturated rings. The Morgan fingerprint density at radius 3 is 3.08 bits per heavy atom. The van der Waals surface area contributed by atoms with E-state index in [-0.39, 0.29) is 0 Å². The molecule has 0 amide bonds. The molecule has 2 rings (SSSR count). The predicted molar refractivity (Wildman–Crippen MR) is 45.5 cm³/mol. The maximum Gasteiger partial charge on any atom is 0.137 e. The van der Waals surface area contributed by atoms with Crippen molar-refractivity contribution in [1.82, 2.24) is 14.8 Å². The molecule has 0 bridgehead atoms. The highest BCUT2D eigenvalue weighted by molar-refractivity contribution is 4.82. The van der Waals surface area contributed by atoms with Crippen molar-refractivity contribution in [3.63, 3.8) is 0 Å². The third kappa shape index (κ3) is 1.22. The van der Waals surface area contributed by atoms with Crippen LogP contribution >= 0.6 is 0 Å². The molecule has 1 aromatic heterocycles. The standard InChI is InChI=1S/C8H14N4/c9-4-7-2-1-3-8(7)12-6-10-5-11-12/h5-8H,1-4,9H2. The fourth-order valence-corrected chi connectivity index (χ4v) is 2.03. The van der Waals surface area contributed by atoms with Crippen LogP contribution in [0.5, 0.6) is 0 Å². The summed E-state index contributed by atoms with van der Waals surface area (Å²) in [7, 11) is 0. The van der Waals surface area contributed by atoms with E-state index in [9.17, 15) is 0 Å². The third-order valence-corrected chi connectivity index (χ3v) is 2.70. The average molecular weight is 166 g/mol. The number of aromatic nitrogens is 3. The van der Waals surface area contributed by atoms with Crippen LogP contribution in [-0.4, -0.2) is 21.3 Å². The molecule has 2 atom stereocenters. The summed E-state index contributed by atoms with van der Waals surface area (Å²) in [5, 5.41) is 4.15. The summed E-state index contributed by atoms with van der Waals surface area (Å²) in [6.07, 6.45) is 7.09. The second-order valence-corrected chi connectivity index (χ2v) is 3.37. The van der Waals surface area contributed by atoms with Gasteiger partial charge in [0.05, 0.1) is 6.04 Å². The van der Waals surface area contributed by atoms with Gasteiger partial charge >= 0.3 is 0 Å². The fraction of sp³-hybridized carbons (Fsp3) is 0.750. The van der Waals surface area contributed by atoms with Gasteiger partial charge in [-0.15, -0.1) is 0 Å². The molecule has 0 aliphatic heterocycles. The Bertz CT molecular complexity index is 231. The average Bonchev–Trinajstić information content (AvgIpc) is 2.74. The van der Waals surface area contributed by atoms with Crippen molar-refractivity contribution in [3.05, 3.63) is 12.7 Å². The van der Waals surface area contributed by atoms with E-state index in [1.54, 1.807) is 12.7 Å². The van der Waals surface area contributed by atoms with Gasteiger partial charge in [-0.3, -0.25) is 0 Å². The second kappa shape index (κ2) is 3.23. The fourth-order valence-electron chi connectivity index (χ4n) is 2.03. The molecule has 0 radical (unpaired) electrons. The van der Waals surface area contributed by atoms with Crippen molar-refractivity contribution in [2.75, 3.05) is 6.54 Å². The van der Waals surface area contributed by atoms with Gasteiger partial charge in [-0.2, -0.15) is 5.10 Å². The van der Waals surface area contributed by atoms with Crippen LogP contribution in [0.25, 0.3) is 0 Å². The minimum atomic E-state index is 0.498. The number of nitrogens with zero attached hydrogens (tertiary/aromatic N) is 3. The molecule has 1 aromatic rings. The lowest BCUT2D eigenvalue weighted by atomic mass is 10.0. The van der Waals surface area contributed by atoms with E-state index in [1.165, 1.54) is 19.3 Å². The number of rotatable bonds is 2.